The molecule has 2 atom stereocenters. The Labute approximate surface area is 134 Å². The van der Waals surface area contributed by atoms with Crippen LogP contribution in [0, 0.1) is 6.92 Å². The van der Waals surface area contributed by atoms with Crippen LogP contribution in [0.15, 0.2) is 24.3 Å². The van der Waals surface area contributed by atoms with Crippen LogP contribution < -0.4 is 10.1 Å². The molecule has 1 amide bonds. The second kappa shape index (κ2) is 6.78. The SMILES string of the molecule is COc1ccccc1CC(=O)N[C@H]1CCO[C@H]1c1n[nH]c(C)n1. The van der Waals surface area contributed by atoms with Crippen molar-refractivity contribution in [1.29, 1.82) is 0 Å². The van der Waals surface area contributed by atoms with Crippen LogP contribution in [0.2, 0.25) is 0 Å². The Morgan fingerprint density at radius 1 is 1.48 bits per heavy atom. The summed E-state index contributed by atoms with van der Waals surface area (Å²) in [6.07, 6.45) is 0.706. The van der Waals surface area contributed by atoms with Crippen molar-refractivity contribution in [1.82, 2.24) is 20.5 Å². The van der Waals surface area contributed by atoms with Crippen molar-refractivity contribution >= 4 is 5.91 Å². The van der Waals surface area contributed by atoms with Gasteiger partial charge in [0.1, 0.15) is 17.7 Å². The molecule has 1 fully saturated rings. The lowest BCUT2D eigenvalue weighted by Gasteiger charge is -2.17. The summed E-state index contributed by atoms with van der Waals surface area (Å²) in [6, 6.07) is 7.39. The van der Waals surface area contributed by atoms with Gasteiger partial charge in [0.15, 0.2) is 5.82 Å². The number of aryl methyl sites for hydroxylation is 1. The molecule has 0 unspecified atom stereocenters. The van der Waals surface area contributed by atoms with E-state index in [1.54, 1.807) is 7.11 Å². The van der Waals surface area contributed by atoms with Gasteiger partial charge >= 0.3 is 0 Å². The van der Waals surface area contributed by atoms with Crippen molar-refractivity contribution in [2.75, 3.05) is 13.7 Å². The number of carbonyl (C=O) groups is 1. The first-order chi connectivity index (χ1) is 11.2. The summed E-state index contributed by atoms with van der Waals surface area (Å²) in [7, 11) is 1.60. The molecule has 1 aromatic heterocycles. The van der Waals surface area contributed by atoms with E-state index in [1.165, 1.54) is 0 Å². The standard InChI is InChI=1S/C16H20N4O3/c1-10-17-16(20-19-10)15-12(7-8-23-15)18-14(21)9-11-5-3-4-6-13(11)22-2/h3-6,12,15H,7-9H2,1-2H3,(H,18,21)(H,17,19,20)/t12-,15+/m0/s1. The number of nitrogens with zero attached hydrogens (tertiary/aromatic N) is 2. The van der Waals surface area contributed by atoms with Gasteiger partial charge in [-0.15, -0.1) is 0 Å². The molecule has 23 heavy (non-hydrogen) atoms. The molecule has 2 aromatic rings. The minimum atomic E-state index is -0.304. The number of amides is 1. The number of nitrogens with one attached hydrogen (secondary N) is 2. The highest BCUT2D eigenvalue weighted by Crippen LogP contribution is 2.27. The highest BCUT2D eigenvalue weighted by Gasteiger charge is 2.33. The van der Waals surface area contributed by atoms with E-state index in [-0.39, 0.29) is 24.5 Å². The van der Waals surface area contributed by atoms with Crippen molar-refractivity contribution < 1.29 is 14.3 Å². The fraction of sp³-hybridized carbons (Fsp3) is 0.438. The molecule has 0 spiro atoms. The summed E-state index contributed by atoms with van der Waals surface area (Å²) in [4.78, 5) is 16.6. The van der Waals surface area contributed by atoms with Gasteiger partial charge in [-0.05, 0) is 19.4 Å². The molecule has 3 rings (SSSR count). The van der Waals surface area contributed by atoms with Gasteiger partial charge in [0, 0.05) is 12.2 Å². The van der Waals surface area contributed by atoms with E-state index in [9.17, 15) is 4.79 Å². The Morgan fingerprint density at radius 2 is 2.30 bits per heavy atom. The van der Waals surface area contributed by atoms with Crippen LogP contribution in [0.5, 0.6) is 5.75 Å². The quantitative estimate of drug-likeness (QED) is 0.868. The Balaban J connectivity index is 1.65. The highest BCUT2D eigenvalue weighted by atomic mass is 16.5. The number of hydrogen-bond donors (Lipinski definition) is 2. The van der Waals surface area contributed by atoms with Crippen LogP contribution in [-0.2, 0) is 16.0 Å². The molecule has 2 N–H and O–H groups in total. The van der Waals surface area contributed by atoms with Crippen molar-refractivity contribution in [3.05, 3.63) is 41.5 Å². The molecule has 1 aromatic carbocycles. The number of H-pyrrole nitrogens is 1. The minimum absolute atomic E-state index is 0.0674. The van der Waals surface area contributed by atoms with Crippen LogP contribution in [0.25, 0.3) is 0 Å². The van der Waals surface area contributed by atoms with Crippen LogP contribution in [0.4, 0.5) is 0 Å². The van der Waals surface area contributed by atoms with Gasteiger partial charge in [-0.25, -0.2) is 4.98 Å². The fourth-order valence-electron chi connectivity index (χ4n) is 2.76. The molecule has 0 bridgehead atoms. The van der Waals surface area contributed by atoms with E-state index in [1.807, 2.05) is 31.2 Å². The molecule has 122 valence electrons. The zero-order chi connectivity index (χ0) is 16.2. The molecule has 0 saturated carbocycles. The number of benzene rings is 1. The lowest BCUT2D eigenvalue weighted by Crippen LogP contribution is -2.38. The van der Waals surface area contributed by atoms with Crippen LogP contribution >= 0.6 is 0 Å². The number of hydrogen-bond acceptors (Lipinski definition) is 5. The number of carbonyl (C=O) groups excluding carboxylic acids is 1. The van der Waals surface area contributed by atoms with Gasteiger partial charge in [0.25, 0.3) is 0 Å². The summed E-state index contributed by atoms with van der Waals surface area (Å²) in [5.41, 5.74) is 0.858. The maximum absolute atomic E-state index is 12.3. The molecule has 0 aliphatic carbocycles. The molecular weight excluding hydrogens is 296 g/mol. The largest absolute Gasteiger partial charge is 0.496 e. The Kier molecular flexibility index (Phi) is 4.57. The first-order valence-corrected chi connectivity index (χ1v) is 7.59. The average molecular weight is 316 g/mol. The fourth-order valence-corrected chi connectivity index (χ4v) is 2.76. The summed E-state index contributed by atoms with van der Waals surface area (Å²) in [5, 5.41) is 9.96. The molecule has 7 nitrogen and oxygen atoms in total. The first kappa shape index (κ1) is 15.5. The van der Waals surface area contributed by atoms with Crippen molar-refractivity contribution in [2.24, 2.45) is 0 Å². The summed E-state index contributed by atoms with van der Waals surface area (Å²) in [6.45, 7) is 2.42. The molecule has 1 aliphatic rings. The Hall–Kier alpha value is -2.41. The zero-order valence-electron chi connectivity index (χ0n) is 13.2. The van der Waals surface area contributed by atoms with Gasteiger partial charge < -0.3 is 14.8 Å². The summed E-state index contributed by atoms with van der Waals surface area (Å²) in [5.74, 6) is 1.96. The number of ether oxygens (including phenoxy) is 2. The van der Waals surface area contributed by atoms with Crippen molar-refractivity contribution in [3.8, 4) is 5.75 Å². The third kappa shape index (κ3) is 3.50. The number of para-hydroxylation sites is 1. The number of aromatic amines is 1. The predicted molar refractivity (Wildman–Crippen MR) is 83.1 cm³/mol. The van der Waals surface area contributed by atoms with E-state index >= 15 is 0 Å². The summed E-state index contributed by atoms with van der Waals surface area (Å²) < 4.78 is 11.0. The van der Waals surface area contributed by atoms with E-state index in [4.69, 9.17) is 9.47 Å². The van der Waals surface area contributed by atoms with Crippen molar-refractivity contribution in [3.63, 3.8) is 0 Å². The third-order valence-electron chi connectivity index (χ3n) is 3.85. The predicted octanol–water partition coefficient (Wildman–Crippen LogP) is 1.31. The third-order valence-corrected chi connectivity index (χ3v) is 3.85. The highest BCUT2D eigenvalue weighted by molar-refractivity contribution is 5.79. The lowest BCUT2D eigenvalue weighted by molar-refractivity contribution is -0.121. The van der Waals surface area contributed by atoms with Gasteiger partial charge in [0.2, 0.25) is 5.91 Å². The monoisotopic (exact) mass is 316 g/mol. The molecule has 1 saturated heterocycles. The molecule has 7 heteroatoms. The second-order valence-corrected chi connectivity index (χ2v) is 5.52. The van der Waals surface area contributed by atoms with E-state index in [0.29, 0.717) is 18.2 Å². The second-order valence-electron chi connectivity index (χ2n) is 5.52. The normalized spacial score (nSPS) is 20.4. The smallest absolute Gasteiger partial charge is 0.224 e. The minimum Gasteiger partial charge on any atom is -0.496 e. The van der Waals surface area contributed by atoms with E-state index in [2.05, 4.69) is 20.5 Å². The summed E-state index contributed by atoms with van der Waals surface area (Å²) >= 11 is 0. The lowest BCUT2D eigenvalue weighted by atomic mass is 10.1. The topological polar surface area (TPSA) is 89.1 Å². The van der Waals surface area contributed by atoms with Gasteiger partial charge in [-0.2, -0.15) is 5.10 Å². The molecular formula is C16H20N4O3. The van der Waals surface area contributed by atoms with Crippen LogP contribution in [0.1, 0.15) is 29.7 Å². The van der Waals surface area contributed by atoms with Gasteiger partial charge in [-0.3, -0.25) is 9.89 Å². The van der Waals surface area contributed by atoms with E-state index in [0.717, 1.165) is 17.8 Å². The Bertz CT molecular complexity index is 685. The van der Waals surface area contributed by atoms with Crippen molar-refractivity contribution in [2.45, 2.75) is 31.9 Å². The average Bonchev–Trinajstić information content (AvgIpc) is 3.16. The van der Waals surface area contributed by atoms with Gasteiger partial charge in [-0.1, -0.05) is 18.2 Å². The molecule has 2 heterocycles. The van der Waals surface area contributed by atoms with E-state index < -0.39 is 0 Å². The van der Waals surface area contributed by atoms with Crippen LogP contribution in [-0.4, -0.2) is 40.8 Å². The van der Waals surface area contributed by atoms with Gasteiger partial charge in [0.05, 0.1) is 19.6 Å². The number of rotatable bonds is 5. The number of aromatic nitrogens is 3. The molecule has 1 aliphatic heterocycles. The molecule has 0 radical (unpaired) electrons. The first-order valence-electron chi connectivity index (χ1n) is 7.59. The maximum atomic E-state index is 12.3. The zero-order valence-corrected chi connectivity index (χ0v) is 13.2. The maximum Gasteiger partial charge on any atom is 0.224 e. The van der Waals surface area contributed by atoms with Crippen LogP contribution in [0.3, 0.4) is 0 Å². The Morgan fingerprint density at radius 3 is 3.04 bits per heavy atom. The number of methoxy groups -OCH3 is 1.